The Morgan fingerprint density at radius 3 is 2.53 bits per heavy atom. The van der Waals surface area contributed by atoms with E-state index in [1.165, 1.54) is 11.3 Å². The number of thiazole rings is 1. The van der Waals surface area contributed by atoms with Crippen LogP contribution in [0.5, 0.6) is 5.75 Å². The molecule has 0 aliphatic rings. The highest BCUT2D eigenvalue weighted by Gasteiger charge is 2.20. The van der Waals surface area contributed by atoms with Crippen molar-refractivity contribution in [2.45, 2.75) is 40.7 Å². The van der Waals surface area contributed by atoms with Crippen molar-refractivity contribution < 1.29 is 14.3 Å². The molecule has 0 spiro atoms. The number of halogens is 1. The maximum Gasteiger partial charge on any atom is 0.350 e. The number of guanidine groups is 1. The van der Waals surface area contributed by atoms with E-state index in [2.05, 4.69) is 20.6 Å². The standard InChI is InChI=1S/C21H30N4O3S.HI/c1-7-27-20(26)18-15(4)24-19(29-18)16(5)25-21(22-6)23-11-12-28-17-13(2)9-8-10-14(17)3;/h8-10,16H,7,11-12H2,1-6H3,(H2,22,23,25);1H. The van der Waals surface area contributed by atoms with Crippen LogP contribution in [-0.4, -0.2) is 43.7 Å². The summed E-state index contributed by atoms with van der Waals surface area (Å²) in [6.45, 7) is 11.1. The van der Waals surface area contributed by atoms with E-state index < -0.39 is 0 Å². The first-order chi connectivity index (χ1) is 13.9. The summed E-state index contributed by atoms with van der Waals surface area (Å²) in [6, 6.07) is 6.00. The van der Waals surface area contributed by atoms with Gasteiger partial charge in [-0.05, 0) is 45.7 Å². The van der Waals surface area contributed by atoms with Crippen LogP contribution in [0.2, 0.25) is 0 Å². The quantitative estimate of drug-likeness (QED) is 0.170. The van der Waals surface area contributed by atoms with E-state index in [1.807, 2.05) is 45.9 Å². The second-order valence-corrected chi connectivity index (χ2v) is 7.65. The molecule has 2 N–H and O–H groups in total. The zero-order valence-electron chi connectivity index (χ0n) is 18.4. The maximum atomic E-state index is 12.0. The number of para-hydroxylation sites is 1. The Kier molecular flexibility index (Phi) is 11.1. The zero-order chi connectivity index (χ0) is 21.4. The first-order valence-electron chi connectivity index (χ1n) is 9.68. The lowest BCUT2D eigenvalue weighted by Gasteiger charge is -2.17. The number of esters is 1. The van der Waals surface area contributed by atoms with E-state index >= 15 is 0 Å². The smallest absolute Gasteiger partial charge is 0.350 e. The molecule has 1 heterocycles. The number of nitrogens with one attached hydrogen (secondary N) is 2. The van der Waals surface area contributed by atoms with E-state index in [9.17, 15) is 4.79 Å². The van der Waals surface area contributed by atoms with E-state index in [-0.39, 0.29) is 36.0 Å². The van der Waals surface area contributed by atoms with E-state index in [4.69, 9.17) is 9.47 Å². The Balaban J connectivity index is 0.00000450. The molecule has 9 heteroatoms. The minimum Gasteiger partial charge on any atom is -0.491 e. The first kappa shape index (κ1) is 26.2. The van der Waals surface area contributed by atoms with Gasteiger partial charge in [0.25, 0.3) is 0 Å². The molecule has 2 aromatic rings. The number of aromatic nitrogens is 1. The van der Waals surface area contributed by atoms with Crippen LogP contribution in [0.25, 0.3) is 0 Å². The largest absolute Gasteiger partial charge is 0.491 e. The Morgan fingerprint density at radius 2 is 1.93 bits per heavy atom. The van der Waals surface area contributed by atoms with Crippen molar-refractivity contribution in [2.24, 2.45) is 4.99 Å². The van der Waals surface area contributed by atoms with Crippen molar-refractivity contribution in [2.75, 3.05) is 26.8 Å². The van der Waals surface area contributed by atoms with Crippen molar-refractivity contribution in [1.82, 2.24) is 15.6 Å². The summed E-state index contributed by atoms with van der Waals surface area (Å²) in [6.07, 6.45) is 0. The summed E-state index contributed by atoms with van der Waals surface area (Å²) >= 11 is 1.34. The van der Waals surface area contributed by atoms with E-state index in [0.29, 0.717) is 36.3 Å². The summed E-state index contributed by atoms with van der Waals surface area (Å²) < 4.78 is 11.0. The molecule has 0 aliphatic carbocycles. The van der Waals surface area contributed by atoms with Gasteiger partial charge in [0.2, 0.25) is 0 Å². The molecular formula is C21H31IN4O3S. The Bertz CT molecular complexity index is 850. The van der Waals surface area contributed by atoms with Crippen molar-refractivity contribution in [3.05, 3.63) is 44.9 Å². The third-order valence-corrected chi connectivity index (χ3v) is 5.59. The lowest BCUT2D eigenvalue weighted by atomic mass is 10.1. The lowest BCUT2D eigenvalue weighted by molar-refractivity contribution is 0.0531. The number of hydrogen-bond acceptors (Lipinski definition) is 6. The Morgan fingerprint density at radius 1 is 1.27 bits per heavy atom. The van der Waals surface area contributed by atoms with Gasteiger partial charge in [0.1, 0.15) is 22.2 Å². The van der Waals surface area contributed by atoms with Crippen LogP contribution >= 0.6 is 35.3 Å². The molecule has 166 valence electrons. The molecule has 1 atom stereocenters. The van der Waals surface area contributed by atoms with E-state index in [0.717, 1.165) is 21.9 Å². The van der Waals surface area contributed by atoms with Crippen LogP contribution in [0.15, 0.2) is 23.2 Å². The number of hydrogen-bond donors (Lipinski definition) is 2. The Labute approximate surface area is 199 Å². The van der Waals surface area contributed by atoms with Gasteiger partial charge in [-0.2, -0.15) is 0 Å². The van der Waals surface area contributed by atoms with Crippen molar-refractivity contribution in [1.29, 1.82) is 0 Å². The number of rotatable bonds is 8. The average Bonchev–Trinajstić information content (AvgIpc) is 3.08. The molecule has 2 rings (SSSR count). The van der Waals surface area contributed by atoms with Gasteiger partial charge in [0.15, 0.2) is 5.96 Å². The number of aryl methyl sites for hydroxylation is 3. The minimum atomic E-state index is -0.327. The van der Waals surface area contributed by atoms with Crippen LogP contribution in [0, 0.1) is 20.8 Å². The molecular weight excluding hydrogens is 515 g/mol. The molecule has 0 saturated carbocycles. The van der Waals surface area contributed by atoms with Crippen molar-refractivity contribution in [3.8, 4) is 5.75 Å². The lowest BCUT2D eigenvalue weighted by Crippen LogP contribution is -2.40. The third-order valence-electron chi connectivity index (χ3n) is 4.27. The highest BCUT2D eigenvalue weighted by atomic mass is 127. The van der Waals surface area contributed by atoms with Crippen LogP contribution < -0.4 is 15.4 Å². The molecule has 1 aromatic heterocycles. The molecule has 1 aromatic carbocycles. The van der Waals surface area contributed by atoms with Gasteiger partial charge in [-0.15, -0.1) is 35.3 Å². The van der Waals surface area contributed by atoms with Crippen LogP contribution in [0.3, 0.4) is 0 Å². The summed E-state index contributed by atoms with van der Waals surface area (Å²) in [5.74, 6) is 1.25. The zero-order valence-corrected chi connectivity index (χ0v) is 21.5. The predicted octanol–water partition coefficient (Wildman–Crippen LogP) is 4.17. The predicted molar refractivity (Wildman–Crippen MR) is 133 cm³/mol. The molecule has 0 radical (unpaired) electrons. The average molecular weight is 546 g/mol. The summed E-state index contributed by atoms with van der Waals surface area (Å²) in [7, 11) is 1.71. The summed E-state index contributed by atoms with van der Waals surface area (Å²) in [5.41, 5.74) is 2.93. The van der Waals surface area contributed by atoms with Gasteiger partial charge in [-0.3, -0.25) is 4.99 Å². The second-order valence-electron chi connectivity index (χ2n) is 6.62. The first-order valence-corrected chi connectivity index (χ1v) is 10.5. The molecule has 0 fully saturated rings. The molecule has 0 aliphatic heterocycles. The molecule has 1 unspecified atom stereocenters. The van der Waals surface area contributed by atoms with Gasteiger partial charge >= 0.3 is 5.97 Å². The minimum absolute atomic E-state index is 0. The van der Waals surface area contributed by atoms with Crippen LogP contribution in [0.1, 0.15) is 51.4 Å². The fourth-order valence-corrected chi connectivity index (χ4v) is 3.76. The number of carbonyl (C=O) groups excluding carboxylic acids is 1. The van der Waals surface area contributed by atoms with Gasteiger partial charge in [0, 0.05) is 7.05 Å². The van der Waals surface area contributed by atoms with Gasteiger partial charge in [0.05, 0.1) is 24.9 Å². The van der Waals surface area contributed by atoms with Gasteiger partial charge < -0.3 is 20.1 Å². The number of nitrogens with zero attached hydrogens (tertiary/aromatic N) is 2. The fraction of sp³-hybridized carbons (Fsp3) is 0.476. The highest BCUT2D eigenvalue weighted by molar-refractivity contribution is 14.0. The number of aliphatic imine (C=N–C) groups is 1. The number of ether oxygens (including phenoxy) is 2. The number of benzene rings is 1. The third kappa shape index (κ3) is 7.12. The molecule has 7 nitrogen and oxygen atoms in total. The summed E-state index contributed by atoms with van der Waals surface area (Å²) in [4.78, 5) is 21.3. The maximum absolute atomic E-state index is 12.0. The van der Waals surface area contributed by atoms with Crippen LogP contribution in [0.4, 0.5) is 0 Å². The van der Waals surface area contributed by atoms with Gasteiger partial charge in [-0.25, -0.2) is 9.78 Å². The van der Waals surface area contributed by atoms with Crippen molar-refractivity contribution in [3.63, 3.8) is 0 Å². The normalized spacial score (nSPS) is 12.0. The van der Waals surface area contributed by atoms with Crippen molar-refractivity contribution >= 4 is 47.2 Å². The monoisotopic (exact) mass is 546 g/mol. The highest BCUT2D eigenvalue weighted by Crippen LogP contribution is 2.24. The number of carbonyl (C=O) groups is 1. The van der Waals surface area contributed by atoms with Gasteiger partial charge in [-0.1, -0.05) is 18.2 Å². The molecule has 0 amide bonds. The van der Waals surface area contributed by atoms with Crippen LogP contribution in [-0.2, 0) is 4.74 Å². The molecule has 0 bridgehead atoms. The second kappa shape index (κ2) is 12.7. The fourth-order valence-electron chi connectivity index (χ4n) is 2.80. The molecule has 0 saturated heterocycles. The topological polar surface area (TPSA) is 84.8 Å². The molecule has 30 heavy (non-hydrogen) atoms. The summed E-state index contributed by atoms with van der Waals surface area (Å²) in [5, 5.41) is 7.34. The Hall–Kier alpha value is -1.88. The SMILES string of the molecule is CCOC(=O)c1sc(C(C)NC(=NC)NCCOc2c(C)cccc2C)nc1C.I. The van der Waals surface area contributed by atoms with E-state index in [1.54, 1.807) is 14.0 Å².